The minimum atomic E-state index is -0.943. The van der Waals surface area contributed by atoms with Crippen LogP contribution in [0.2, 0.25) is 0 Å². The molecule has 3 aromatic carbocycles. The van der Waals surface area contributed by atoms with Gasteiger partial charge in [0.15, 0.2) is 5.78 Å². The van der Waals surface area contributed by atoms with E-state index in [4.69, 9.17) is 0 Å². The molecule has 146 valence electrons. The maximum absolute atomic E-state index is 13.0. The molecule has 0 fully saturated rings. The Kier molecular flexibility index (Phi) is 5.12. The molecule has 0 saturated carbocycles. The fraction of sp³-hybridized carbons (Fsp3) is 0.208. The number of carbonyl (C=O) groups excluding carboxylic acids is 1. The zero-order chi connectivity index (χ0) is 20.4. The molecule has 0 radical (unpaired) electrons. The van der Waals surface area contributed by atoms with Gasteiger partial charge < -0.3 is 5.32 Å². The van der Waals surface area contributed by atoms with Crippen LogP contribution >= 0.6 is 0 Å². The molecular weight excluding hydrogens is 364 g/mol. The molecule has 0 bridgehead atoms. The van der Waals surface area contributed by atoms with Crippen LogP contribution < -0.4 is 5.32 Å². The Labute approximate surface area is 169 Å². The summed E-state index contributed by atoms with van der Waals surface area (Å²) in [5, 5.41) is 15.5. The maximum atomic E-state index is 13.0. The van der Waals surface area contributed by atoms with Crippen LogP contribution in [0.15, 0.2) is 78.9 Å². The summed E-state index contributed by atoms with van der Waals surface area (Å²) in [4.78, 5) is 24.9. The van der Waals surface area contributed by atoms with Gasteiger partial charge in [0.05, 0.1) is 5.92 Å². The molecule has 3 aromatic rings. The Morgan fingerprint density at radius 3 is 2.31 bits per heavy atom. The normalized spacial score (nSPS) is 20.4. The number of nitrogens with one attached hydrogen (secondary N) is 1. The van der Waals surface area contributed by atoms with Crippen molar-refractivity contribution in [3.05, 3.63) is 111 Å². The standard InChI is InChI=1S/C24H22N2O3/c1-16-11-13-17(14-12-16)22(27)15-20-19-9-5-6-10-21(19)25-23(24(20)26(28)29)18-7-3-2-4-8-18/h2-14,20,23-25H,15H2,1H3/t20-,23+,24+/m1/s1. The highest BCUT2D eigenvalue weighted by atomic mass is 16.6. The predicted octanol–water partition coefficient (Wildman–Crippen LogP) is 5.16. The van der Waals surface area contributed by atoms with Crippen LogP contribution in [-0.4, -0.2) is 16.7 Å². The molecule has 0 aromatic heterocycles. The lowest BCUT2D eigenvalue weighted by atomic mass is 9.77. The number of carbonyl (C=O) groups is 1. The fourth-order valence-corrected chi connectivity index (χ4v) is 4.12. The number of benzene rings is 3. The average Bonchev–Trinajstić information content (AvgIpc) is 2.74. The maximum Gasteiger partial charge on any atom is 0.244 e. The number of Topliss-reactive ketones (excluding diaryl/α,β-unsaturated/α-hetero) is 1. The lowest BCUT2D eigenvalue weighted by Gasteiger charge is -2.35. The molecule has 0 amide bonds. The van der Waals surface area contributed by atoms with E-state index in [0.29, 0.717) is 5.56 Å². The van der Waals surface area contributed by atoms with E-state index in [1.807, 2.05) is 73.7 Å². The van der Waals surface area contributed by atoms with Gasteiger partial charge in [-0.05, 0) is 24.1 Å². The number of fused-ring (bicyclic) bond motifs is 1. The predicted molar refractivity (Wildman–Crippen MR) is 113 cm³/mol. The molecule has 3 atom stereocenters. The first kappa shape index (κ1) is 18.9. The second kappa shape index (κ2) is 7.87. The highest BCUT2D eigenvalue weighted by molar-refractivity contribution is 5.96. The molecule has 1 heterocycles. The summed E-state index contributed by atoms with van der Waals surface area (Å²) in [6.07, 6.45) is 0.0940. The monoisotopic (exact) mass is 386 g/mol. The quantitative estimate of drug-likeness (QED) is 0.373. The van der Waals surface area contributed by atoms with E-state index < -0.39 is 18.0 Å². The van der Waals surface area contributed by atoms with Gasteiger partial charge in [-0.1, -0.05) is 78.4 Å². The summed E-state index contributed by atoms with van der Waals surface area (Å²) >= 11 is 0. The van der Waals surface area contributed by atoms with Crippen LogP contribution in [0.1, 0.15) is 45.4 Å². The Morgan fingerprint density at radius 1 is 0.966 bits per heavy atom. The van der Waals surface area contributed by atoms with Gasteiger partial charge in [0.2, 0.25) is 6.04 Å². The highest BCUT2D eigenvalue weighted by Crippen LogP contribution is 2.43. The third kappa shape index (κ3) is 3.76. The van der Waals surface area contributed by atoms with Gasteiger partial charge in [-0.15, -0.1) is 0 Å². The Morgan fingerprint density at radius 2 is 1.62 bits per heavy atom. The van der Waals surface area contributed by atoms with Crippen molar-refractivity contribution in [1.29, 1.82) is 0 Å². The van der Waals surface area contributed by atoms with Crippen LogP contribution in [0.5, 0.6) is 0 Å². The van der Waals surface area contributed by atoms with E-state index in [0.717, 1.165) is 22.4 Å². The number of nitro groups is 1. The number of hydrogen-bond acceptors (Lipinski definition) is 4. The van der Waals surface area contributed by atoms with Crippen molar-refractivity contribution in [2.24, 2.45) is 0 Å². The lowest BCUT2D eigenvalue weighted by Crippen LogP contribution is -2.42. The average molecular weight is 386 g/mol. The molecule has 1 N–H and O–H groups in total. The molecular formula is C24H22N2O3. The first-order valence-corrected chi connectivity index (χ1v) is 9.68. The van der Waals surface area contributed by atoms with Crippen molar-refractivity contribution < 1.29 is 9.72 Å². The van der Waals surface area contributed by atoms with E-state index >= 15 is 0 Å². The number of nitrogens with zero attached hydrogens (tertiary/aromatic N) is 1. The SMILES string of the molecule is Cc1ccc(C(=O)C[C@@H]2c3ccccc3N[C@@H](c3ccccc3)[C@H]2[N+](=O)[O-])cc1. The number of aryl methyl sites for hydroxylation is 1. The molecule has 0 aliphatic carbocycles. The molecule has 0 saturated heterocycles. The zero-order valence-corrected chi connectivity index (χ0v) is 16.1. The Hall–Kier alpha value is -3.47. The van der Waals surface area contributed by atoms with Gasteiger partial charge in [0.1, 0.15) is 6.04 Å². The summed E-state index contributed by atoms with van der Waals surface area (Å²) in [6.45, 7) is 1.96. The first-order chi connectivity index (χ1) is 14.0. The lowest BCUT2D eigenvalue weighted by molar-refractivity contribution is -0.530. The second-order valence-electron chi connectivity index (χ2n) is 7.50. The molecule has 0 unspecified atom stereocenters. The molecule has 29 heavy (non-hydrogen) atoms. The zero-order valence-electron chi connectivity index (χ0n) is 16.1. The fourth-order valence-electron chi connectivity index (χ4n) is 4.12. The number of para-hydroxylation sites is 1. The van der Waals surface area contributed by atoms with Crippen molar-refractivity contribution in [2.45, 2.75) is 31.3 Å². The van der Waals surface area contributed by atoms with E-state index in [1.54, 1.807) is 12.1 Å². The van der Waals surface area contributed by atoms with Crippen molar-refractivity contribution in [3.8, 4) is 0 Å². The van der Waals surface area contributed by atoms with E-state index in [1.165, 1.54) is 0 Å². The van der Waals surface area contributed by atoms with Crippen LogP contribution in [0.4, 0.5) is 5.69 Å². The van der Waals surface area contributed by atoms with Crippen molar-refractivity contribution in [2.75, 3.05) is 5.32 Å². The van der Waals surface area contributed by atoms with Crippen LogP contribution in [0.3, 0.4) is 0 Å². The molecule has 1 aliphatic heterocycles. The minimum absolute atomic E-state index is 0.0784. The second-order valence-corrected chi connectivity index (χ2v) is 7.50. The summed E-state index contributed by atoms with van der Waals surface area (Å²) in [6, 6.07) is 22.9. The van der Waals surface area contributed by atoms with Crippen LogP contribution in [-0.2, 0) is 0 Å². The van der Waals surface area contributed by atoms with E-state index in [2.05, 4.69) is 5.32 Å². The van der Waals surface area contributed by atoms with E-state index in [-0.39, 0.29) is 17.1 Å². The summed E-state index contributed by atoms with van der Waals surface area (Å²) in [7, 11) is 0. The third-order valence-electron chi connectivity index (χ3n) is 5.61. The topological polar surface area (TPSA) is 72.2 Å². The molecule has 1 aliphatic rings. The summed E-state index contributed by atoms with van der Waals surface area (Å²) in [5.74, 6) is -0.591. The van der Waals surface area contributed by atoms with Gasteiger partial charge in [-0.25, -0.2) is 0 Å². The van der Waals surface area contributed by atoms with E-state index in [9.17, 15) is 14.9 Å². The van der Waals surface area contributed by atoms with Crippen molar-refractivity contribution in [3.63, 3.8) is 0 Å². The van der Waals surface area contributed by atoms with Gasteiger partial charge in [0.25, 0.3) is 0 Å². The smallest absolute Gasteiger partial charge is 0.244 e. The summed E-state index contributed by atoms with van der Waals surface area (Å²) in [5.41, 5.74) is 4.17. The van der Waals surface area contributed by atoms with Crippen molar-refractivity contribution >= 4 is 11.5 Å². The van der Waals surface area contributed by atoms with Gasteiger partial charge in [0, 0.05) is 22.6 Å². The number of anilines is 1. The summed E-state index contributed by atoms with van der Waals surface area (Å²) < 4.78 is 0. The largest absolute Gasteiger partial charge is 0.372 e. The van der Waals surface area contributed by atoms with Crippen LogP contribution in [0, 0.1) is 17.0 Å². The number of hydrogen-bond donors (Lipinski definition) is 1. The number of rotatable bonds is 5. The van der Waals surface area contributed by atoms with Crippen LogP contribution in [0.25, 0.3) is 0 Å². The highest BCUT2D eigenvalue weighted by Gasteiger charge is 2.46. The van der Waals surface area contributed by atoms with Gasteiger partial charge in [-0.2, -0.15) is 0 Å². The molecule has 4 rings (SSSR count). The molecule has 5 heteroatoms. The van der Waals surface area contributed by atoms with Crippen molar-refractivity contribution in [1.82, 2.24) is 0 Å². The Bertz CT molecular complexity index is 1030. The third-order valence-corrected chi connectivity index (χ3v) is 5.61. The number of ketones is 1. The Balaban J connectivity index is 1.75. The van der Waals surface area contributed by atoms with Gasteiger partial charge >= 0.3 is 0 Å². The van der Waals surface area contributed by atoms with Gasteiger partial charge in [-0.3, -0.25) is 14.9 Å². The first-order valence-electron chi connectivity index (χ1n) is 9.68. The molecule has 0 spiro atoms. The molecule has 5 nitrogen and oxygen atoms in total. The minimum Gasteiger partial charge on any atom is -0.372 e.